The molecule has 0 atom stereocenters. The highest BCUT2D eigenvalue weighted by molar-refractivity contribution is 7.16. The van der Waals surface area contributed by atoms with E-state index < -0.39 is 0 Å². The smallest absolute Gasteiger partial charge is 0.324 e. The lowest BCUT2D eigenvalue weighted by Gasteiger charge is -2.23. The van der Waals surface area contributed by atoms with Crippen LogP contribution in [0.25, 0.3) is 12.2 Å². The van der Waals surface area contributed by atoms with Crippen LogP contribution in [0.5, 0.6) is 0 Å². The van der Waals surface area contributed by atoms with E-state index in [-0.39, 0.29) is 9.92 Å². The summed E-state index contributed by atoms with van der Waals surface area (Å²) in [5.41, 5.74) is 0.804. The Morgan fingerprint density at radius 2 is 2.17 bits per heavy atom. The van der Waals surface area contributed by atoms with Crippen LogP contribution < -0.4 is 0 Å². The molecule has 0 N–H and O–H groups in total. The summed E-state index contributed by atoms with van der Waals surface area (Å²) in [4.78, 5) is 15.5. The maximum atomic E-state index is 10.6. The van der Waals surface area contributed by atoms with Crippen molar-refractivity contribution in [3.8, 4) is 0 Å². The molecule has 1 saturated heterocycles. The topological polar surface area (TPSA) is 80.9 Å². The first-order chi connectivity index (χ1) is 11.2. The molecule has 0 bridgehead atoms. The van der Waals surface area contributed by atoms with Crippen molar-refractivity contribution in [1.29, 1.82) is 0 Å². The Morgan fingerprint density at radius 1 is 1.35 bits per heavy atom. The fraction of sp³-hybridized carbons (Fsp3) is 0.286. The molecule has 0 aliphatic carbocycles. The summed E-state index contributed by atoms with van der Waals surface area (Å²) in [5.74, 6) is 0. The van der Waals surface area contributed by atoms with Crippen molar-refractivity contribution >= 4 is 46.0 Å². The zero-order chi connectivity index (χ0) is 16.1. The Hall–Kier alpha value is -2.10. The summed E-state index contributed by atoms with van der Waals surface area (Å²) in [6.07, 6.45) is 5.43. The lowest BCUT2D eigenvalue weighted by atomic mass is 10.4. The molecule has 7 nitrogen and oxygen atoms in total. The average molecular weight is 350 g/mol. The minimum atomic E-state index is -0.383. The number of thiophene rings is 1. The van der Waals surface area contributed by atoms with Crippen LogP contribution in [0.2, 0.25) is 0 Å². The zero-order valence-corrected chi connectivity index (χ0v) is 13.8. The van der Waals surface area contributed by atoms with E-state index in [0.29, 0.717) is 13.2 Å². The van der Waals surface area contributed by atoms with Crippen LogP contribution in [0, 0.1) is 10.1 Å². The molecule has 0 unspecified atom stereocenters. The number of morpholine rings is 1. The van der Waals surface area contributed by atoms with Gasteiger partial charge in [-0.3, -0.25) is 15.1 Å². The molecule has 120 valence electrons. The second-order valence-electron chi connectivity index (χ2n) is 4.69. The van der Waals surface area contributed by atoms with Crippen LogP contribution in [0.3, 0.4) is 0 Å². The predicted octanol–water partition coefficient (Wildman–Crippen LogP) is 2.95. The molecule has 3 heterocycles. The number of nitrogens with zero attached hydrogens (tertiary/aromatic N) is 4. The minimum Gasteiger partial charge on any atom is -0.378 e. The molecule has 1 aliphatic rings. The monoisotopic (exact) mass is 350 g/mol. The molecule has 2 aromatic heterocycles. The number of hydrogen-bond acceptors (Lipinski definition) is 8. The second kappa shape index (κ2) is 7.44. The third-order valence-electron chi connectivity index (χ3n) is 3.06. The van der Waals surface area contributed by atoms with E-state index in [4.69, 9.17) is 4.74 Å². The van der Waals surface area contributed by atoms with Crippen molar-refractivity contribution in [2.24, 2.45) is 5.10 Å². The molecule has 0 amide bonds. The number of aromatic nitrogens is 1. The molecule has 3 rings (SSSR count). The quantitative estimate of drug-likeness (QED) is 0.470. The molecule has 0 radical (unpaired) electrons. The SMILES string of the molecule is O=[N+]([O-])c1ccc(/C=C/c2nc(/C=N/N3CCOCC3)cs2)s1. The number of nitro groups is 1. The number of ether oxygens (including phenoxy) is 1. The second-order valence-corrected chi connectivity index (χ2v) is 6.67. The van der Waals surface area contributed by atoms with Gasteiger partial charge >= 0.3 is 5.00 Å². The van der Waals surface area contributed by atoms with Crippen LogP contribution in [0.1, 0.15) is 15.6 Å². The number of rotatable bonds is 5. The van der Waals surface area contributed by atoms with Gasteiger partial charge in [-0.2, -0.15) is 5.10 Å². The van der Waals surface area contributed by atoms with Crippen LogP contribution in [0.4, 0.5) is 5.00 Å². The Bertz CT molecular complexity index is 732. The normalized spacial score (nSPS) is 15.7. The van der Waals surface area contributed by atoms with Crippen LogP contribution in [0.15, 0.2) is 22.6 Å². The van der Waals surface area contributed by atoms with Gasteiger partial charge in [0.25, 0.3) is 0 Å². The highest BCUT2D eigenvalue weighted by atomic mass is 32.1. The molecule has 0 spiro atoms. The van der Waals surface area contributed by atoms with Crippen molar-refractivity contribution in [3.63, 3.8) is 0 Å². The van der Waals surface area contributed by atoms with E-state index in [0.717, 1.165) is 40.0 Å². The van der Waals surface area contributed by atoms with Gasteiger partial charge in [-0.05, 0) is 18.2 Å². The highest BCUT2D eigenvalue weighted by Crippen LogP contribution is 2.25. The standard InChI is InChI=1S/C14H14N4O3S2/c19-18(20)14-4-2-12(23-14)1-3-13-16-11(10-22-13)9-15-17-5-7-21-8-6-17/h1-4,9-10H,5-8H2/b3-1+,15-9+. The van der Waals surface area contributed by atoms with Gasteiger partial charge in [0.2, 0.25) is 0 Å². The Labute approximate surface area is 140 Å². The van der Waals surface area contributed by atoms with Gasteiger partial charge in [0.1, 0.15) is 5.01 Å². The minimum absolute atomic E-state index is 0.141. The van der Waals surface area contributed by atoms with Crippen LogP contribution >= 0.6 is 22.7 Å². The van der Waals surface area contributed by atoms with Gasteiger partial charge in [0, 0.05) is 16.3 Å². The Kier molecular flexibility index (Phi) is 5.11. The highest BCUT2D eigenvalue weighted by Gasteiger charge is 2.08. The Morgan fingerprint density at radius 3 is 2.91 bits per heavy atom. The van der Waals surface area contributed by atoms with Gasteiger partial charge < -0.3 is 4.74 Å². The molecule has 1 aliphatic heterocycles. The summed E-state index contributed by atoms with van der Waals surface area (Å²) < 4.78 is 5.27. The molecule has 23 heavy (non-hydrogen) atoms. The molecule has 0 aromatic carbocycles. The van der Waals surface area contributed by atoms with E-state index in [9.17, 15) is 10.1 Å². The summed E-state index contributed by atoms with van der Waals surface area (Å²) in [6, 6.07) is 3.24. The fourth-order valence-electron chi connectivity index (χ4n) is 1.93. The molecule has 2 aromatic rings. The molecular weight excluding hydrogens is 336 g/mol. The third kappa shape index (κ3) is 4.44. The van der Waals surface area contributed by atoms with E-state index in [1.165, 1.54) is 17.4 Å². The van der Waals surface area contributed by atoms with Crippen molar-refractivity contribution in [1.82, 2.24) is 9.99 Å². The third-order valence-corrected chi connectivity index (χ3v) is 4.89. The van der Waals surface area contributed by atoms with Gasteiger partial charge in [-0.1, -0.05) is 11.3 Å². The maximum absolute atomic E-state index is 10.6. The first-order valence-electron chi connectivity index (χ1n) is 6.95. The molecular formula is C14H14N4O3S2. The van der Waals surface area contributed by atoms with Crippen molar-refractivity contribution < 1.29 is 9.66 Å². The van der Waals surface area contributed by atoms with E-state index in [1.54, 1.807) is 12.3 Å². The van der Waals surface area contributed by atoms with Gasteiger partial charge in [0.05, 0.1) is 43.1 Å². The summed E-state index contributed by atoms with van der Waals surface area (Å²) in [5, 5.41) is 19.9. The largest absolute Gasteiger partial charge is 0.378 e. The summed E-state index contributed by atoms with van der Waals surface area (Å²) in [7, 11) is 0. The van der Waals surface area contributed by atoms with Gasteiger partial charge in [0.15, 0.2) is 0 Å². The van der Waals surface area contributed by atoms with Gasteiger partial charge in [-0.25, -0.2) is 4.98 Å². The summed E-state index contributed by atoms with van der Waals surface area (Å²) in [6.45, 7) is 3.00. The van der Waals surface area contributed by atoms with E-state index in [2.05, 4.69) is 10.1 Å². The van der Waals surface area contributed by atoms with E-state index in [1.807, 2.05) is 22.5 Å². The molecule has 9 heteroatoms. The lowest BCUT2D eigenvalue weighted by molar-refractivity contribution is -0.380. The van der Waals surface area contributed by atoms with Crippen LogP contribution in [-0.2, 0) is 4.74 Å². The van der Waals surface area contributed by atoms with Gasteiger partial charge in [-0.15, -0.1) is 11.3 Å². The fourth-order valence-corrected chi connectivity index (χ4v) is 3.31. The lowest BCUT2D eigenvalue weighted by Crippen LogP contribution is -2.32. The number of thiazole rings is 1. The molecule has 0 saturated carbocycles. The van der Waals surface area contributed by atoms with Crippen molar-refractivity contribution in [2.75, 3.05) is 26.3 Å². The van der Waals surface area contributed by atoms with E-state index >= 15 is 0 Å². The number of hydrazone groups is 1. The van der Waals surface area contributed by atoms with Crippen molar-refractivity contribution in [3.05, 3.63) is 43.2 Å². The Balaban J connectivity index is 1.60. The van der Waals surface area contributed by atoms with Crippen molar-refractivity contribution in [2.45, 2.75) is 0 Å². The number of hydrogen-bond donors (Lipinski definition) is 0. The van der Waals surface area contributed by atoms with Crippen LogP contribution in [-0.4, -0.2) is 47.4 Å². The first-order valence-corrected chi connectivity index (χ1v) is 8.65. The zero-order valence-electron chi connectivity index (χ0n) is 12.1. The first kappa shape index (κ1) is 15.8. The summed E-state index contributed by atoms with van der Waals surface area (Å²) >= 11 is 2.65. The average Bonchev–Trinajstić information content (AvgIpc) is 3.21. The molecule has 1 fully saturated rings. The predicted molar refractivity (Wildman–Crippen MR) is 92.0 cm³/mol. The maximum Gasteiger partial charge on any atom is 0.324 e.